The van der Waals surface area contributed by atoms with E-state index in [0.29, 0.717) is 39.3 Å². The molecule has 1 N–H and O–H groups in total. The number of aromatic nitrogens is 3. The first-order valence-electron chi connectivity index (χ1n) is 21.5. The summed E-state index contributed by atoms with van der Waals surface area (Å²) in [6.07, 6.45) is 10.9. The Hall–Kier alpha value is -5.58. The molecule has 0 spiro atoms. The maximum absolute atomic E-state index is 13.5. The quantitative estimate of drug-likeness (QED) is 0.0962. The number of nitrogens with one attached hydrogen (secondary N) is 1. The maximum Gasteiger partial charge on any atom is 0.306 e. The molecule has 3 aromatic heterocycles. The van der Waals surface area contributed by atoms with E-state index in [-0.39, 0.29) is 29.1 Å². The van der Waals surface area contributed by atoms with Gasteiger partial charge in [-0.25, -0.2) is 0 Å². The predicted molar refractivity (Wildman–Crippen MR) is 243 cm³/mol. The van der Waals surface area contributed by atoms with Gasteiger partial charge in [-0.1, -0.05) is 82.3 Å². The number of piperazine rings is 1. The Labute approximate surface area is 360 Å². The number of amides is 1. The number of nitrogens with zero attached hydrogens (tertiary/aromatic N) is 4. The van der Waals surface area contributed by atoms with Gasteiger partial charge in [0.1, 0.15) is 11.4 Å². The van der Waals surface area contributed by atoms with Gasteiger partial charge in [0.05, 0.1) is 26.2 Å². The molecule has 6 aromatic rings. The number of carbonyl (C=O) groups excluding carboxylic acids is 2. The lowest BCUT2D eigenvalue weighted by Gasteiger charge is -2.36. The van der Waals surface area contributed by atoms with Crippen molar-refractivity contribution < 1.29 is 23.8 Å². The van der Waals surface area contributed by atoms with E-state index in [9.17, 15) is 9.59 Å². The van der Waals surface area contributed by atoms with E-state index >= 15 is 0 Å². The molecule has 4 heterocycles. The monoisotopic (exact) mass is 823 g/mol. The van der Waals surface area contributed by atoms with Crippen LogP contribution >= 0.6 is 0 Å². The van der Waals surface area contributed by atoms with Crippen LogP contribution in [0.15, 0.2) is 104 Å². The van der Waals surface area contributed by atoms with Crippen LogP contribution in [0.5, 0.6) is 5.75 Å². The van der Waals surface area contributed by atoms with Crippen LogP contribution < -0.4 is 4.74 Å². The van der Waals surface area contributed by atoms with Crippen LogP contribution in [-0.4, -0.2) is 88.2 Å². The summed E-state index contributed by atoms with van der Waals surface area (Å²) in [5.41, 5.74) is 6.60. The normalized spacial score (nSPS) is 14.1. The number of aromatic amines is 1. The SMILES string of the molecule is CC(C)(COCC(C)(C)CC(=O)N1CCN(Cc2ccc(-c3c[nH]c4ccncc34)c(OCCc3ccc(-c4cccc5ccncc45)cc3)c2)CC1)CC(=O)OC(C)(C)C. The van der Waals surface area contributed by atoms with Crippen molar-refractivity contribution in [1.29, 1.82) is 0 Å². The van der Waals surface area contributed by atoms with Gasteiger partial charge < -0.3 is 24.1 Å². The minimum atomic E-state index is -0.516. The van der Waals surface area contributed by atoms with Crippen molar-refractivity contribution in [2.45, 2.75) is 79.9 Å². The number of hydrogen-bond acceptors (Lipinski definition) is 8. The van der Waals surface area contributed by atoms with Crippen molar-refractivity contribution in [3.05, 3.63) is 115 Å². The van der Waals surface area contributed by atoms with Gasteiger partial charge in [-0.3, -0.25) is 24.5 Å². The van der Waals surface area contributed by atoms with E-state index in [1.165, 1.54) is 27.6 Å². The number of pyridine rings is 2. The van der Waals surface area contributed by atoms with Crippen LogP contribution in [0.4, 0.5) is 0 Å². The summed E-state index contributed by atoms with van der Waals surface area (Å²) in [4.78, 5) is 42.5. The van der Waals surface area contributed by atoms with Gasteiger partial charge in [-0.15, -0.1) is 0 Å². The molecule has 1 aliphatic rings. The number of fused-ring (bicyclic) bond motifs is 2. The second-order valence-corrected chi connectivity index (χ2v) is 19.1. The summed E-state index contributed by atoms with van der Waals surface area (Å²) >= 11 is 0. The lowest BCUT2D eigenvalue weighted by Crippen LogP contribution is -2.49. The Morgan fingerprint density at radius 1 is 0.721 bits per heavy atom. The van der Waals surface area contributed by atoms with E-state index in [0.717, 1.165) is 59.2 Å². The van der Waals surface area contributed by atoms with Crippen molar-refractivity contribution in [3.8, 4) is 28.0 Å². The summed E-state index contributed by atoms with van der Waals surface area (Å²) in [5, 5.41) is 3.38. The molecule has 7 rings (SSSR count). The second-order valence-electron chi connectivity index (χ2n) is 19.1. The largest absolute Gasteiger partial charge is 0.493 e. The molecular weight excluding hydrogens is 763 g/mol. The van der Waals surface area contributed by atoms with Gasteiger partial charge in [0.15, 0.2) is 0 Å². The highest BCUT2D eigenvalue weighted by molar-refractivity contribution is 5.97. The zero-order chi connectivity index (χ0) is 43.2. The standard InChI is InChI=1S/C51H61N5O5/c1-49(2,3)61-48(58)29-51(6,7)35-59-34-50(4,5)28-47(57)56-24-22-55(23-25-56)33-37-13-16-41(43-32-54-45-18-21-53-31-44(43)45)46(27-37)60-26-19-36-11-14-39(15-12-36)40-10-8-9-38-17-20-52-30-42(38)40/h8-18,20-21,27,30-32,54H,19,22-26,28-29,33-35H2,1-7H3. The minimum Gasteiger partial charge on any atom is -0.493 e. The molecule has 0 atom stereocenters. The van der Waals surface area contributed by atoms with Gasteiger partial charge >= 0.3 is 5.97 Å². The molecule has 3 aromatic carbocycles. The smallest absolute Gasteiger partial charge is 0.306 e. The molecule has 1 aliphatic heterocycles. The van der Waals surface area contributed by atoms with Gasteiger partial charge in [-0.05, 0) is 77.4 Å². The summed E-state index contributed by atoms with van der Waals surface area (Å²) in [5.74, 6) is 0.761. The van der Waals surface area contributed by atoms with E-state index in [1.54, 1.807) is 6.20 Å². The van der Waals surface area contributed by atoms with Crippen molar-refractivity contribution in [1.82, 2.24) is 24.8 Å². The van der Waals surface area contributed by atoms with E-state index in [2.05, 4.69) is 94.4 Å². The van der Waals surface area contributed by atoms with Crippen molar-refractivity contribution in [3.63, 3.8) is 0 Å². The summed E-state index contributed by atoms with van der Waals surface area (Å²) < 4.78 is 18.3. The number of rotatable bonds is 16. The predicted octanol–water partition coefficient (Wildman–Crippen LogP) is 9.90. The molecule has 0 radical (unpaired) electrons. The zero-order valence-electron chi connectivity index (χ0n) is 36.9. The van der Waals surface area contributed by atoms with Gasteiger partial charge in [0.25, 0.3) is 0 Å². The molecule has 320 valence electrons. The first-order chi connectivity index (χ1) is 29.1. The molecule has 1 saturated heterocycles. The molecule has 10 heteroatoms. The molecule has 0 saturated carbocycles. The van der Waals surface area contributed by atoms with Crippen molar-refractivity contribution >= 4 is 33.6 Å². The molecular formula is C51H61N5O5. The zero-order valence-corrected chi connectivity index (χ0v) is 36.9. The lowest BCUT2D eigenvalue weighted by atomic mass is 9.88. The topological polar surface area (TPSA) is 110 Å². The average molecular weight is 824 g/mol. The average Bonchev–Trinajstić information content (AvgIpc) is 3.64. The molecule has 1 fully saturated rings. The molecule has 0 bridgehead atoms. The molecule has 0 unspecified atom stereocenters. The number of benzene rings is 3. The van der Waals surface area contributed by atoms with Crippen LogP contribution in [-0.2, 0) is 32.0 Å². The van der Waals surface area contributed by atoms with E-state index in [1.807, 2.05) is 76.4 Å². The van der Waals surface area contributed by atoms with Crippen LogP contribution in [0.2, 0.25) is 0 Å². The number of hydrogen-bond donors (Lipinski definition) is 1. The van der Waals surface area contributed by atoms with Crippen molar-refractivity contribution in [2.24, 2.45) is 10.8 Å². The van der Waals surface area contributed by atoms with Gasteiger partial charge in [0.2, 0.25) is 5.91 Å². The fourth-order valence-corrected chi connectivity index (χ4v) is 8.10. The fraction of sp³-hybridized carbons (Fsp3) is 0.412. The van der Waals surface area contributed by atoms with Crippen LogP contribution in [0.25, 0.3) is 43.9 Å². The lowest BCUT2D eigenvalue weighted by molar-refractivity contribution is -0.158. The second kappa shape index (κ2) is 18.6. The number of H-pyrrole nitrogens is 1. The highest BCUT2D eigenvalue weighted by Gasteiger charge is 2.31. The Bertz CT molecular complexity index is 2430. The Kier molecular flexibility index (Phi) is 13.3. The van der Waals surface area contributed by atoms with Crippen LogP contribution in [0.1, 0.15) is 72.4 Å². The highest BCUT2D eigenvalue weighted by atomic mass is 16.6. The highest BCUT2D eigenvalue weighted by Crippen LogP contribution is 2.37. The van der Waals surface area contributed by atoms with Crippen LogP contribution in [0, 0.1) is 10.8 Å². The molecule has 1 amide bonds. The Morgan fingerprint density at radius 3 is 2.15 bits per heavy atom. The summed E-state index contributed by atoms with van der Waals surface area (Å²) in [6.45, 7) is 18.8. The fourth-order valence-electron chi connectivity index (χ4n) is 8.10. The third-order valence-corrected chi connectivity index (χ3v) is 11.2. The summed E-state index contributed by atoms with van der Waals surface area (Å²) in [6, 6.07) is 25.7. The molecule has 10 nitrogen and oxygen atoms in total. The van der Waals surface area contributed by atoms with E-state index in [4.69, 9.17) is 14.2 Å². The molecule has 61 heavy (non-hydrogen) atoms. The number of esters is 1. The number of carbonyl (C=O) groups is 2. The minimum absolute atomic E-state index is 0.148. The van der Waals surface area contributed by atoms with Gasteiger partial charge in [-0.2, -0.15) is 0 Å². The third kappa shape index (κ3) is 11.6. The first kappa shape index (κ1) is 43.5. The Balaban J connectivity index is 0.942. The van der Waals surface area contributed by atoms with E-state index < -0.39 is 5.60 Å². The first-order valence-corrected chi connectivity index (χ1v) is 21.5. The summed E-state index contributed by atoms with van der Waals surface area (Å²) in [7, 11) is 0. The van der Waals surface area contributed by atoms with Crippen LogP contribution in [0.3, 0.4) is 0 Å². The third-order valence-electron chi connectivity index (χ3n) is 11.2. The molecule has 0 aliphatic carbocycles. The number of ether oxygens (including phenoxy) is 3. The Morgan fingerprint density at radius 2 is 1.41 bits per heavy atom. The van der Waals surface area contributed by atoms with Crippen molar-refractivity contribution in [2.75, 3.05) is 46.0 Å². The maximum atomic E-state index is 13.5. The van der Waals surface area contributed by atoms with Gasteiger partial charge in [0, 0.05) is 104 Å².